The number of fused-ring (bicyclic) bond motifs is 2. The molecule has 3 heterocycles. The monoisotopic (exact) mass is 459 g/mol. The summed E-state index contributed by atoms with van der Waals surface area (Å²) >= 11 is 0. The van der Waals surface area contributed by atoms with Crippen molar-refractivity contribution >= 4 is 40.7 Å². The van der Waals surface area contributed by atoms with Crippen LogP contribution in [0.1, 0.15) is 35.0 Å². The van der Waals surface area contributed by atoms with Crippen molar-refractivity contribution in [2.75, 3.05) is 23.8 Å². The van der Waals surface area contributed by atoms with Crippen LogP contribution in [0.5, 0.6) is 0 Å². The molecule has 0 radical (unpaired) electrons. The number of amides is 1. The topological polar surface area (TPSA) is 86.9 Å². The lowest BCUT2D eigenvalue weighted by Gasteiger charge is -2.20. The summed E-state index contributed by atoms with van der Waals surface area (Å²) < 4.78 is 14.8. The number of carbonyl (C=O) groups is 1. The molecule has 34 heavy (non-hydrogen) atoms. The number of rotatable bonds is 7. The van der Waals surface area contributed by atoms with Crippen molar-refractivity contribution in [3.8, 4) is 0 Å². The van der Waals surface area contributed by atoms with Crippen molar-refractivity contribution in [3.05, 3.63) is 66.0 Å². The summed E-state index contributed by atoms with van der Waals surface area (Å²) in [6.45, 7) is 6.41. The Balaban J connectivity index is 1.55. The predicted molar refractivity (Wildman–Crippen MR) is 133 cm³/mol. The van der Waals surface area contributed by atoms with Gasteiger partial charge in [-0.05, 0) is 25.0 Å². The first-order chi connectivity index (χ1) is 16.5. The molecule has 1 aliphatic carbocycles. The lowest BCUT2D eigenvalue weighted by Crippen LogP contribution is -2.28. The zero-order valence-corrected chi connectivity index (χ0v) is 19.1. The van der Waals surface area contributed by atoms with Crippen LogP contribution in [0.2, 0.25) is 0 Å². The first-order valence-corrected chi connectivity index (χ1v) is 11.3. The lowest BCUT2D eigenvalue weighted by molar-refractivity contribution is 0.0940. The molecule has 174 valence electrons. The Bertz CT molecular complexity index is 1340. The quantitative estimate of drug-likeness (QED) is 0.523. The third-order valence-corrected chi connectivity index (χ3v) is 6.16. The van der Waals surface area contributed by atoms with E-state index in [0.29, 0.717) is 17.9 Å². The summed E-state index contributed by atoms with van der Waals surface area (Å²) in [4.78, 5) is 23.8. The number of alkyl halides is 1. The first-order valence-electron chi connectivity index (χ1n) is 11.3. The maximum Gasteiger partial charge on any atom is 0.271 e. The van der Waals surface area contributed by atoms with Gasteiger partial charge in [0.15, 0.2) is 17.2 Å². The molecule has 2 N–H and O–H groups in total. The van der Waals surface area contributed by atoms with Crippen LogP contribution in [-0.4, -0.2) is 52.5 Å². The summed E-state index contributed by atoms with van der Waals surface area (Å²) in [7, 11) is 1.80. The standard InChI is InChI=1S/C25H26FN7O/c1-4-10-28-18(5-2)15-7-6-8-21-16(15)9-11-32(21)23-13-20(27-3)24-29-14-22(33(24)31-23)25(34)30-19-12-17(19)26/h4-8,10,13-14,17,19,27H,1,9,11-12H2,2-3H3,(H,30,34)/b18-5-,28-10?. The second-order valence-electron chi connectivity index (χ2n) is 8.27. The zero-order chi connectivity index (χ0) is 23.8. The second kappa shape index (κ2) is 8.74. The molecule has 1 aromatic carbocycles. The van der Waals surface area contributed by atoms with Crippen LogP contribution in [0, 0.1) is 0 Å². The fraction of sp³-hybridized carbons (Fsp3) is 0.280. The molecule has 2 atom stereocenters. The number of carbonyl (C=O) groups excluding carboxylic acids is 1. The third-order valence-electron chi connectivity index (χ3n) is 6.16. The van der Waals surface area contributed by atoms with Crippen LogP contribution in [0.15, 0.2) is 54.2 Å². The largest absolute Gasteiger partial charge is 0.385 e. The van der Waals surface area contributed by atoms with Crippen LogP contribution in [0.25, 0.3) is 11.3 Å². The average Bonchev–Trinajstić information content (AvgIpc) is 3.23. The van der Waals surface area contributed by atoms with Crippen molar-refractivity contribution in [1.29, 1.82) is 0 Å². The van der Waals surface area contributed by atoms with Crippen LogP contribution in [-0.2, 0) is 6.42 Å². The minimum atomic E-state index is -0.979. The number of anilines is 3. The van der Waals surface area contributed by atoms with Crippen LogP contribution in [0.4, 0.5) is 21.6 Å². The van der Waals surface area contributed by atoms with E-state index in [1.54, 1.807) is 19.3 Å². The fourth-order valence-electron chi connectivity index (χ4n) is 4.33. The van der Waals surface area contributed by atoms with Gasteiger partial charge in [0.2, 0.25) is 0 Å². The Labute approximate surface area is 196 Å². The molecule has 0 spiro atoms. The lowest BCUT2D eigenvalue weighted by atomic mass is 10.0. The highest BCUT2D eigenvalue weighted by molar-refractivity contribution is 5.94. The molecule has 3 aromatic rings. The number of allylic oxidation sites excluding steroid dienone is 2. The number of halogens is 1. The number of imidazole rings is 1. The van der Waals surface area contributed by atoms with Crippen LogP contribution < -0.4 is 15.5 Å². The van der Waals surface area contributed by atoms with Gasteiger partial charge in [-0.25, -0.2) is 13.9 Å². The average molecular weight is 460 g/mol. The van der Waals surface area contributed by atoms with E-state index in [9.17, 15) is 9.18 Å². The van der Waals surface area contributed by atoms with E-state index in [4.69, 9.17) is 5.10 Å². The number of aliphatic imine (C=N–C) groups is 1. The molecule has 5 rings (SSSR count). The molecule has 2 aliphatic rings. The van der Waals surface area contributed by atoms with E-state index in [2.05, 4.69) is 44.2 Å². The molecule has 9 heteroatoms. The molecule has 2 aromatic heterocycles. The summed E-state index contributed by atoms with van der Waals surface area (Å²) in [5, 5.41) is 10.6. The number of nitrogens with one attached hydrogen (secondary N) is 2. The molecule has 1 saturated carbocycles. The van der Waals surface area contributed by atoms with Crippen molar-refractivity contribution in [1.82, 2.24) is 19.9 Å². The van der Waals surface area contributed by atoms with Crippen LogP contribution in [0.3, 0.4) is 0 Å². The first kappa shape index (κ1) is 21.8. The molecule has 0 saturated heterocycles. The second-order valence-corrected chi connectivity index (χ2v) is 8.27. The predicted octanol–water partition coefficient (Wildman–Crippen LogP) is 3.92. The number of benzene rings is 1. The van der Waals surface area contributed by atoms with E-state index >= 15 is 0 Å². The number of aromatic nitrogens is 3. The van der Waals surface area contributed by atoms with Crippen LogP contribution >= 0.6 is 0 Å². The van der Waals surface area contributed by atoms with Gasteiger partial charge in [-0.15, -0.1) is 5.10 Å². The molecule has 2 unspecified atom stereocenters. The van der Waals surface area contributed by atoms with E-state index in [1.807, 2.05) is 25.1 Å². The Morgan fingerprint density at radius 1 is 1.38 bits per heavy atom. The Morgan fingerprint density at radius 3 is 2.91 bits per heavy atom. The third kappa shape index (κ3) is 3.72. The smallest absolute Gasteiger partial charge is 0.271 e. The van der Waals surface area contributed by atoms with Gasteiger partial charge in [0.05, 0.1) is 23.6 Å². The Kier molecular flexibility index (Phi) is 5.61. The highest BCUT2D eigenvalue weighted by Gasteiger charge is 2.39. The van der Waals surface area contributed by atoms with E-state index in [1.165, 1.54) is 16.3 Å². The van der Waals surface area contributed by atoms with Gasteiger partial charge in [-0.1, -0.05) is 30.9 Å². The molecule has 0 bridgehead atoms. The summed E-state index contributed by atoms with van der Waals surface area (Å²) in [5.74, 6) is 0.303. The maximum atomic E-state index is 13.3. The van der Waals surface area contributed by atoms with E-state index in [0.717, 1.165) is 35.6 Å². The summed E-state index contributed by atoms with van der Waals surface area (Å²) in [6, 6.07) is 7.64. The number of hydrogen-bond acceptors (Lipinski definition) is 6. The molecule has 8 nitrogen and oxygen atoms in total. The van der Waals surface area contributed by atoms with E-state index < -0.39 is 12.2 Å². The zero-order valence-electron chi connectivity index (χ0n) is 19.1. The Morgan fingerprint density at radius 2 is 2.21 bits per heavy atom. The van der Waals surface area contributed by atoms with Crippen molar-refractivity contribution < 1.29 is 9.18 Å². The molecule has 1 amide bonds. The summed E-state index contributed by atoms with van der Waals surface area (Å²) in [5.41, 5.74) is 5.75. The van der Waals surface area contributed by atoms with Gasteiger partial charge in [-0.3, -0.25) is 9.79 Å². The number of nitrogens with zero attached hydrogens (tertiary/aromatic N) is 5. The van der Waals surface area contributed by atoms with Crippen molar-refractivity contribution in [2.24, 2.45) is 4.99 Å². The maximum absolute atomic E-state index is 13.3. The highest BCUT2D eigenvalue weighted by Crippen LogP contribution is 2.39. The fourth-order valence-corrected chi connectivity index (χ4v) is 4.33. The van der Waals surface area contributed by atoms with E-state index in [-0.39, 0.29) is 11.6 Å². The van der Waals surface area contributed by atoms with Gasteiger partial charge in [0.25, 0.3) is 5.91 Å². The van der Waals surface area contributed by atoms with Gasteiger partial charge >= 0.3 is 0 Å². The van der Waals surface area contributed by atoms with Gasteiger partial charge in [-0.2, -0.15) is 0 Å². The highest BCUT2D eigenvalue weighted by atomic mass is 19.1. The van der Waals surface area contributed by atoms with Gasteiger partial charge < -0.3 is 15.5 Å². The SMILES string of the molecule is C=CC=N/C(=C\C)c1cccc2c1CCN2c1cc(NC)c2ncc(C(=O)NC3CC3F)n2n1. The Hall–Kier alpha value is -4.01. The molecule has 1 aliphatic heterocycles. The molecule has 1 fully saturated rings. The normalized spacial score (nSPS) is 19.5. The van der Waals surface area contributed by atoms with Gasteiger partial charge in [0, 0.05) is 43.5 Å². The van der Waals surface area contributed by atoms with Gasteiger partial charge in [0.1, 0.15) is 6.17 Å². The molecular weight excluding hydrogens is 433 g/mol. The van der Waals surface area contributed by atoms with Crippen molar-refractivity contribution in [2.45, 2.75) is 32.0 Å². The minimum absolute atomic E-state index is 0.274. The summed E-state index contributed by atoms with van der Waals surface area (Å²) in [6.07, 6.45) is 7.01. The molecular formula is C25H26FN7O. The van der Waals surface area contributed by atoms with Crippen molar-refractivity contribution in [3.63, 3.8) is 0 Å². The number of hydrogen-bond donors (Lipinski definition) is 2. The minimum Gasteiger partial charge on any atom is -0.385 e.